The third-order valence-corrected chi connectivity index (χ3v) is 5.39. The summed E-state index contributed by atoms with van der Waals surface area (Å²) in [5, 5.41) is 0. The Balaban J connectivity index is 1.50. The van der Waals surface area contributed by atoms with E-state index in [9.17, 15) is 0 Å². The van der Waals surface area contributed by atoms with Crippen molar-refractivity contribution in [3.8, 4) is 6.01 Å². The topological polar surface area (TPSA) is 64.0 Å². The minimum absolute atomic E-state index is 0.186. The summed E-state index contributed by atoms with van der Waals surface area (Å²) in [6.07, 6.45) is 7.34. The molecular formula is C18H23N5O. The van der Waals surface area contributed by atoms with Gasteiger partial charge in [-0.05, 0) is 44.7 Å². The van der Waals surface area contributed by atoms with Crippen LogP contribution in [0, 0.1) is 25.2 Å². The predicted molar refractivity (Wildman–Crippen MR) is 91.0 cm³/mol. The molecule has 0 aromatic carbocycles. The van der Waals surface area contributed by atoms with Crippen LogP contribution in [-0.2, 0) is 0 Å². The summed E-state index contributed by atoms with van der Waals surface area (Å²) < 4.78 is 6.00. The molecule has 6 nitrogen and oxygen atoms in total. The molecule has 2 fully saturated rings. The van der Waals surface area contributed by atoms with Crippen LogP contribution in [0.1, 0.15) is 30.8 Å². The lowest BCUT2D eigenvalue weighted by atomic mass is 9.82. The summed E-state index contributed by atoms with van der Waals surface area (Å²) in [5.74, 6) is 2.50. The van der Waals surface area contributed by atoms with Gasteiger partial charge >= 0.3 is 6.01 Å². The summed E-state index contributed by atoms with van der Waals surface area (Å²) in [4.78, 5) is 19.8. The number of anilines is 1. The van der Waals surface area contributed by atoms with Gasteiger partial charge in [0.25, 0.3) is 0 Å². The van der Waals surface area contributed by atoms with Crippen molar-refractivity contribution < 1.29 is 4.74 Å². The molecule has 1 saturated heterocycles. The van der Waals surface area contributed by atoms with Crippen LogP contribution in [0.3, 0.4) is 0 Å². The van der Waals surface area contributed by atoms with Crippen LogP contribution in [-0.4, -0.2) is 39.6 Å². The van der Waals surface area contributed by atoms with Crippen LogP contribution in [0.4, 0.5) is 5.82 Å². The lowest BCUT2D eigenvalue weighted by molar-refractivity contribution is 0.130. The van der Waals surface area contributed by atoms with Crippen LogP contribution in [0.2, 0.25) is 0 Å². The molecule has 0 bridgehead atoms. The fourth-order valence-corrected chi connectivity index (χ4v) is 4.15. The fourth-order valence-electron chi connectivity index (χ4n) is 4.15. The molecule has 1 aliphatic heterocycles. The summed E-state index contributed by atoms with van der Waals surface area (Å²) in [5.41, 5.74) is 1.12. The second kappa shape index (κ2) is 6.00. The molecule has 0 radical (unpaired) electrons. The molecule has 0 amide bonds. The second-order valence-corrected chi connectivity index (χ2v) is 7.06. The van der Waals surface area contributed by atoms with Crippen molar-refractivity contribution in [1.29, 1.82) is 0 Å². The minimum atomic E-state index is 0.186. The van der Waals surface area contributed by atoms with Gasteiger partial charge < -0.3 is 9.64 Å². The lowest BCUT2D eigenvalue weighted by Gasteiger charge is -2.28. The van der Waals surface area contributed by atoms with Crippen molar-refractivity contribution >= 4 is 5.82 Å². The molecule has 0 N–H and O–H groups in total. The van der Waals surface area contributed by atoms with Crippen LogP contribution in [0.15, 0.2) is 24.5 Å². The van der Waals surface area contributed by atoms with Crippen LogP contribution in [0.5, 0.6) is 6.01 Å². The Labute approximate surface area is 142 Å². The highest BCUT2D eigenvalue weighted by Crippen LogP contribution is 2.49. The van der Waals surface area contributed by atoms with Gasteiger partial charge in [0.1, 0.15) is 11.6 Å². The van der Waals surface area contributed by atoms with Gasteiger partial charge in [0.15, 0.2) is 0 Å². The van der Waals surface area contributed by atoms with Gasteiger partial charge in [-0.3, -0.25) is 0 Å². The van der Waals surface area contributed by atoms with E-state index in [0.717, 1.165) is 30.4 Å². The first-order valence-corrected chi connectivity index (χ1v) is 8.62. The Morgan fingerprint density at radius 2 is 2.08 bits per heavy atom. The zero-order chi connectivity index (χ0) is 16.6. The van der Waals surface area contributed by atoms with Crippen molar-refractivity contribution in [3.05, 3.63) is 36.0 Å². The second-order valence-electron chi connectivity index (χ2n) is 7.06. The van der Waals surface area contributed by atoms with E-state index in [0.29, 0.717) is 18.5 Å². The number of fused-ring (bicyclic) bond motifs is 1. The van der Waals surface area contributed by atoms with E-state index in [1.807, 2.05) is 32.2 Å². The normalized spacial score (nSPS) is 25.8. The summed E-state index contributed by atoms with van der Waals surface area (Å²) in [7, 11) is 0. The van der Waals surface area contributed by atoms with E-state index < -0.39 is 0 Å². The Hall–Kier alpha value is -2.24. The molecule has 1 aliphatic carbocycles. The largest absolute Gasteiger partial charge is 0.463 e. The molecule has 3 heterocycles. The van der Waals surface area contributed by atoms with Crippen LogP contribution >= 0.6 is 0 Å². The van der Waals surface area contributed by atoms with E-state index in [1.165, 1.54) is 19.3 Å². The number of aromatic nitrogens is 4. The standard InChI is InChI=1S/C18H23N5O/c1-13-5-8-20-17(21-13)24-12-18-7-3-4-15(18)10-23(11-18)16-6-9-19-14(2)22-16/h5-6,8-9,15H,3-4,7,10-12H2,1-2H3. The number of hydrogen-bond acceptors (Lipinski definition) is 6. The van der Waals surface area contributed by atoms with Gasteiger partial charge in [0.2, 0.25) is 0 Å². The summed E-state index contributed by atoms with van der Waals surface area (Å²) in [6, 6.07) is 4.39. The number of ether oxygens (including phenoxy) is 1. The molecule has 126 valence electrons. The Kier molecular flexibility index (Phi) is 3.82. The van der Waals surface area contributed by atoms with E-state index in [-0.39, 0.29) is 5.41 Å². The smallest absolute Gasteiger partial charge is 0.316 e. The first-order valence-electron chi connectivity index (χ1n) is 8.62. The Morgan fingerprint density at radius 1 is 1.21 bits per heavy atom. The third-order valence-electron chi connectivity index (χ3n) is 5.39. The highest BCUT2D eigenvalue weighted by molar-refractivity contribution is 5.40. The van der Waals surface area contributed by atoms with Crippen molar-refractivity contribution in [1.82, 2.24) is 19.9 Å². The van der Waals surface area contributed by atoms with Gasteiger partial charge in [-0.25, -0.2) is 19.9 Å². The fraction of sp³-hybridized carbons (Fsp3) is 0.556. The number of rotatable bonds is 4. The summed E-state index contributed by atoms with van der Waals surface area (Å²) in [6.45, 7) is 6.62. The minimum Gasteiger partial charge on any atom is -0.463 e. The highest BCUT2D eigenvalue weighted by Gasteiger charge is 2.50. The predicted octanol–water partition coefficient (Wildman–Crippen LogP) is 2.57. The molecule has 24 heavy (non-hydrogen) atoms. The molecule has 6 heteroatoms. The van der Waals surface area contributed by atoms with Crippen molar-refractivity contribution in [2.75, 3.05) is 24.6 Å². The SMILES string of the molecule is Cc1ccnc(OCC23CCCC2CN(c2ccnc(C)n2)C3)n1. The maximum atomic E-state index is 6.00. The molecule has 2 unspecified atom stereocenters. The number of aryl methyl sites for hydroxylation is 2. The van der Waals surface area contributed by atoms with Gasteiger partial charge in [-0.2, -0.15) is 0 Å². The van der Waals surface area contributed by atoms with Crippen molar-refractivity contribution in [2.24, 2.45) is 11.3 Å². The summed E-state index contributed by atoms with van der Waals surface area (Å²) >= 11 is 0. The van der Waals surface area contributed by atoms with Gasteiger partial charge in [-0.15, -0.1) is 0 Å². The average Bonchev–Trinajstić information content (AvgIpc) is 3.10. The third kappa shape index (κ3) is 2.81. The maximum absolute atomic E-state index is 6.00. The van der Waals surface area contributed by atoms with E-state index in [1.54, 1.807) is 6.20 Å². The zero-order valence-electron chi connectivity index (χ0n) is 14.3. The molecule has 2 atom stereocenters. The Morgan fingerprint density at radius 3 is 2.92 bits per heavy atom. The molecule has 1 saturated carbocycles. The first kappa shape index (κ1) is 15.3. The Bertz CT molecular complexity index is 737. The van der Waals surface area contributed by atoms with Gasteiger partial charge in [0.05, 0.1) is 6.61 Å². The van der Waals surface area contributed by atoms with Gasteiger partial charge in [0, 0.05) is 36.6 Å². The highest BCUT2D eigenvalue weighted by atomic mass is 16.5. The average molecular weight is 325 g/mol. The quantitative estimate of drug-likeness (QED) is 0.861. The first-order chi connectivity index (χ1) is 11.6. The van der Waals surface area contributed by atoms with Gasteiger partial charge in [-0.1, -0.05) is 6.42 Å². The number of nitrogens with zero attached hydrogens (tertiary/aromatic N) is 5. The molecule has 4 rings (SSSR count). The molecule has 0 spiro atoms. The van der Waals surface area contributed by atoms with E-state index >= 15 is 0 Å². The zero-order valence-corrected chi connectivity index (χ0v) is 14.3. The van der Waals surface area contributed by atoms with Crippen molar-refractivity contribution in [3.63, 3.8) is 0 Å². The molecular weight excluding hydrogens is 302 g/mol. The van der Waals surface area contributed by atoms with E-state index in [2.05, 4.69) is 24.8 Å². The molecule has 2 aliphatic rings. The number of hydrogen-bond donors (Lipinski definition) is 0. The lowest BCUT2D eigenvalue weighted by Crippen LogP contribution is -2.34. The van der Waals surface area contributed by atoms with Crippen LogP contribution < -0.4 is 9.64 Å². The van der Waals surface area contributed by atoms with Crippen LogP contribution in [0.25, 0.3) is 0 Å². The molecule has 2 aromatic heterocycles. The maximum Gasteiger partial charge on any atom is 0.316 e. The van der Waals surface area contributed by atoms with Crippen molar-refractivity contribution in [2.45, 2.75) is 33.1 Å². The monoisotopic (exact) mass is 325 g/mol. The van der Waals surface area contributed by atoms with E-state index in [4.69, 9.17) is 4.74 Å². The molecule has 2 aromatic rings.